The summed E-state index contributed by atoms with van der Waals surface area (Å²) < 4.78 is 0. The lowest BCUT2D eigenvalue weighted by molar-refractivity contribution is -0.120. The van der Waals surface area contributed by atoms with Crippen molar-refractivity contribution in [2.75, 3.05) is 24.5 Å². The van der Waals surface area contributed by atoms with Crippen LogP contribution in [0.2, 0.25) is 0 Å². The first-order valence-electron chi connectivity index (χ1n) is 11.0. The number of urea groups is 1. The largest absolute Gasteiger partial charge is 0.391 e. The second-order valence-corrected chi connectivity index (χ2v) is 8.51. The molecule has 2 N–H and O–H groups in total. The predicted molar refractivity (Wildman–Crippen MR) is 123 cm³/mol. The van der Waals surface area contributed by atoms with Crippen molar-refractivity contribution in [3.63, 3.8) is 0 Å². The van der Waals surface area contributed by atoms with E-state index in [2.05, 4.69) is 5.32 Å². The van der Waals surface area contributed by atoms with Crippen LogP contribution in [0.1, 0.15) is 22.5 Å². The van der Waals surface area contributed by atoms with Crippen LogP contribution in [0.4, 0.5) is 10.5 Å². The number of aromatic nitrogens is 1. The van der Waals surface area contributed by atoms with Crippen LogP contribution in [0.3, 0.4) is 0 Å². The van der Waals surface area contributed by atoms with Gasteiger partial charge in [-0.15, -0.1) is 0 Å². The van der Waals surface area contributed by atoms with E-state index in [1.54, 1.807) is 29.2 Å². The fourth-order valence-corrected chi connectivity index (χ4v) is 4.57. The van der Waals surface area contributed by atoms with E-state index in [-0.39, 0.29) is 37.2 Å². The zero-order chi connectivity index (χ0) is 22.9. The summed E-state index contributed by atoms with van der Waals surface area (Å²) in [5.41, 5.74) is 2.62. The van der Waals surface area contributed by atoms with Gasteiger partial charge in [-0.3, -0.25) is 24.8 Å². The third-order valence-corrected chi connectivity index (χ3v) is 6.30. The third kappa shape index (κ3) is 4.17. The first-order valence-corrected chi connectivity index (χ1v) is 11.0. The fraction of sp³-hybridized carbons (Fsp3) is 0.280. The number of anilines is 1. The van der Waals surface area contributed by atoms with Gasteiger partial charge in [0.25, 0.3) is 5.91 Å². The molecule has 2 aliphatic rings. The smallest absolute Gasteiger partial charge is 0.328 e. The highest BCUT2D eigenvalue weighted by molar-refractivity contribution is 6.09. The average molecular weight is 444 g/mol. The number of rotatable bonds is 4. The molecule has 0 bridgehead atoms. The van der Waals surface area contributed by atoms with Crippen molar-refractivity contribution >= 4 is 34.4 Å². The number of aliphatic hydroxyl groups is 1. The Hall–Kier alpha value is -3.78. The number of hydrogen-bond acceptors (Lipinski definition) is 5. The molecular weight excluding hydrogens is 420 g/mol. The van der Waals surface area contributed by atoms with Gasteiger partial charge in [0.2, 0.25) is 5.91 Å². The van der Waals surface area contributed by atoms with Gasteiger partial charge in [-0.25, -0.2) is 4.79 Å². The molecule has 2 saturated heterocycles. The van der Waals surface area contributed by atoms with E-state index in [9.17, 15) is 19.5 Å². The van der Waals surface area contributed by atoms with Crippen molar-refractivity contribution in [2.45, 2.75) is 18.9 Å². The van der Waals surface area contributed by atoms with Crippen LogP contribution in [-0.2, 0) is 11.2 Å². The summed E-state index contributed by atoms with van der Waals surface area (Å²) in [7, 11) is 0. The van der Waals surface area contributed by atoms with Crippen LogP contribution < -0.4 is 10.2 Å². The number of hydrogen-bond donors (Lipinski definition) is 2. The number of likely N-dealkylation sites (tertiary alicyclic amines) is 1. The van der Waals surface area contributed by atoms with Crippen LogP contribution >= 0.6 is 0 Å². The maximum Gasteiger partial charge on any atom is 0.328 e. The van der Waals surface area contributed by atoms with Crippen molar-refractivity contribution in [1.82, 2.24) is 15.2 Å². The Labute approximate surface area is 190 Å². The minimum Gasteiger partial charge on any atom is -0.391 e. The molecular formula is C25H24N4O4. The summed E-state index contributed by atoms with van der Waals surface area (Å²) in [6.45, 7) is 0.831. The van der Waals surface area contributed by atoms with Gasteiger partial charge >= 0.3 is 6.03 Å². The van der Waals surface area contributed by atoms with Crippen molar-refractivity contribution in [3.8, 4) is 0 Å². The molecule has 3 heterocycles. The minimum absolute atomic E-state index is 0.134. The molecule has 2 aromatic carbocycles. The van der Waals surface area contributed by atoms with E-state index in [0.717, 1.165) is 16.6 Å². The van der Waals surface area contributed by atoms with Gasteiger partial charge in [-0.1, -0.05) is 36.4 Å². The number of para-hydroxylation sites is 2. The van der Waals surface area contributed by atoms with E-state index in [0.29, 0.717) is 24.2 Å². The Bertz CT molecular complexity index is 1240. The van der Waals surface area contributed by atoms with Gasteiger partial charge in [0.1, 0.15) is 0 Å². The van der Waals surface area contributed by atoms with Crippen molar-refractivity contribution in [2.24, 2.45) is 5.92 Å². The van der Waals surface area contributed by atoms with Crippen molar-refractivity contribution in [1.29, 1.82) is 0 Å². The summed E-state index contributed by atoms with van der Waals surface area (Å²) in [6, 6.07) is 18.2. The van der Waals surface area contributed by atoms with Crippen LogP contribution in [0.15, 0.2) is 60.7 Å². The number of aliphatic hydroxyl groups excluding tert-OH is 1. The molecule has 2 fully saturated rings. The summed E-state index contributed by atoms with van der Waals surface area (Å²) in [5, 5.41) is 14.0. The number of pyridine rings is 1. The molecule has 5 rings (SSSR count). The average Bonchev–Trinajstić information content (AvgIpc) is 3.18. The molecule has 0 radical (unpaired) electrons. The maximum absolute atomic E-state index is 13.4. The predicted octanol–water partition coefficient (Wildman–Crippen LogP) is 2.36. The number of amides is 4. The first-order chi connectivity index (χ1) is 16.0. The number of carbonyl (C=O) groups is 3. The van der Waals surface area contributed by atoms with E-state index in [1.165, 1.54) is 4.90 Å². The maximum atomic E-state index is 13.4. The highest BCUT2D eigenvalue weighted by Gasteiger charge is 2.36. The molecule has 2 aliphatic heterocycles. The molecule has 1 aromatic heterocycles. The molecule has 2 atom stereocenters. The monoisotopic (exact) mass is 444 g/mol. The lowest BCUT2D eigenvalue weighted by Crippen LogP contribution is -2.50. The number of carbonyl (C=O) groups excluding carboxylic acids is 3. The summed E-state index contributed by atoms with van der Waals surface area (Å²) in [4.78, 5) is 44.9. The number of benzene rings is 2. The molecule has 0 saturated carbocycles. The summed E-state index contributed by atoms with van der Waals surface area (Å²) in [5.74, 6) is -0.707. The standard InChI is InChI=1S/C25H24N4O4/c30-22-15-28(14-17(22)13-18-10-9-16-5-1-3-7-20(16)26-18)24(32)19-6-2-4-8-21(19)29-12-11-23(31)27-25(29)33/h1-10,17,22,30H,11-15H2,(H,27,31,33)/t17-,22-/m1/s1. The minimum atomic E-state index is -0.662. The number of nitrogens with one attached hydrogen (secondary N) is 1. The molecule has 0 aliphatic carbocycles. The van der Waals surface area contributed by atoms with Crippen molar-refractivity contribution in [3.05, 3.63) is 71.9 Å². The summed E-state index contributed by atoms with van der Waals surface area (Å²) in [6.07, 6.45) is 0.0799. The summed E-state index contributed by atoms with van der Waals surface area (Å²) >= 11 is 0. The van der Waals surface area contributed by atoms with Crippen LogP contribution in [0.25, 0.3) is 10.9 Å². The number of nitrogens with zero attached hydrogens (tertiary/aromatic N) is 3. The highest BCUT2D eigenvalue weighted by Crippen LogP contribution is 2.28. The molecule has 33 heavy (non-hydrogen) atoms. The first kappa shape index (κ1) is 21.1. The van der Waals surface area contributed by atoms with Crippen LogP contribution in [0.5, 0.6) is 0 Å². The Kier molecular flexibility index (Phi) is 5.51. The van der Waals surface area contributed by atoms with Gasteiger partial charge in [-0.05, 0) is 30.7 Å². The SMILES string of the molecule is O=C1CCN(c2ccccc2C(=O)N2C[C@@H](Cc3ccc4ccccc4n3)[C@H](O)C2)C(=O)N1. The number of imide groups is 1. The molecule has 0 unspecified atom stereocenters. The molecule has 168 valence electrons. The Morgan fingerprint density at radius 2 is 1.82 bits per heavy atom. The fourth-order valence-electron chi connectivity index (χ4n) is 4.57. The molecule has 8 nitrogen and oxygen atoms in total. The van der Waals surface area contributed by atoms with Gasteiger partial charge in [0, 0.05) is 43.1 Å². The zero-order valence-electron chi connectivity index (χ0n) is 18.0. The highest BCUT2D eigenvalue weighted by atomic mass is 16.3. The van der Waals surface area contributed by atoms with Crippen LogP contribution in [0, 0.1) is 5.92 Å². The second kappa shape index (κ2) is 8.63. The second-order valence-electron chi connectivity index (χ2n) is 8.51. The van der Waals surface area contributed by atoms with E-state index in [1.807, 2.05) is 36.4 Å². The van der Waals surface area contributed by atoms with Crippen LogP contribution in [-0.4, -0.2) is 58.6 Å². The molecule has 0 spiro atoms. The lowest BCUT2D eigenvalue weighted by atomic mass is 9.99. The topological polar surface area (TPSA) is 103 Å². The molecule has 8 heteroatoms. The molecule has 3 aromatic rings. The Morgan fingerprint density at radius 3 is 2.67 bits per heavy atom. The quantitative estimate of drug-likeness (QED) is 0.643. The third-order valence-electron chi connectivity index (χ3n) is 6.30. The van der Waals surface area contributed by atoms with Crippen molar-refractivity contribution < 1.29 is 19.5 Å². The normalized spacial score (nSPS) is 20.9. The van der Waals surface area contributed by atoms with E-state index < -0.39 is 12.1 Å². The van der Waals surface area contributed by atoms with E-state index in [4.69, 9.17) is 4.98 Å². The zero-order valence-corrected chi connectivity index (χ0v) is 18.0. The van der Waals surface area contributed by atoms with Gasteiger partial charge in [0.05, 0.1) is 22.9 Å². The van der Waals surface area contributed by atoms with E-state index >= 15 is 0 Å². The van der Waals surface area contributed by atoms with Gasteiger partial charge < -0.3 is 10.0 Å². The number of fused-ring (bicyclic) bond motifs is 1. The van der Waals surface area contributed by atoms with Gasteiger partial charge in [0.15, 0.2) is 0 Å². The number of β-amino-alcohol motifs (C(OH)–C–C–N with tert-alkyl or cyclic N) is 1. The Morgan fingerprint density at radius 1 is 1.03 bits per heavy atom. The molecule has 4 amide bonds. The van der Waals surface area contributed by atoms with Gasteiger partial charge in [-0.2, -0.15) is 0 Å². The Balaban J connectivity index is 1.33. The lowest BCUT2D eigenvalue weighted by Gasteiger charge is -2.29.